The predicted molar refractivity (Wildman–Crippen MR) is 65.8 cm³/mol. The average Bonchev–Trinajstić information content (AvgIpc) is 2.19. The molecule has 0 aromatic carbocycles. The first kappa shape index (κ1) is 13.8. The van der Waals surface area contributed by atoms with E-state index in [2.05, 4.69) is 18.8 Å². The largest absolute Gasteiger partial charge is 0.478 e. The van der Waals surface area contributed by atoms with Gasteiger partial charge in [-0.15, -0.1) is 0 Å². The summed E-state index contributed by atoms with van der Waals surface area (Å²) in [6.07, 6.45) is 2.17. The number of aromatic nitrogens is 1. The van der Waals surface area contributed by atoms with E-state index in [0.717, 1.165) is 6.42 Å². The molecule has 0 aliphatic heterocycles. The summed E-state index contributed by atoms with van der Waals surface area (Å²) in [6, 6.07) is 1.35. The van der Waals surface area contributed by atoms with Gasteiger partial charge in [0, 0.05) is 6.07 Å². The Kier molecular flexibility index (Phi) is 4.75. The fourth-order valence-corrected chi connectivity index (χ4v) is 1.75. The molecule has 0 fully saturated rings. The van der Waals surface area contributed by atoms with Crippen LogP contribution >= 0.6 is 11.6 Å². The van der Waals surface area contributed by atoms with Crippen LogP contribution < -0.4 is 4.74 Å². The minimum absolute atomic E-state index is 0.00779. The van der Waals surface area contributed by atoms with Crippen LogP contribution in [-0.2, 0) is 0 Å². The predicted octanol–water partition coefficient (Wildman–Crippen LogP) is 3.25. The number of carboxylic acid groups (broad SMARTS) is 1. The molecule has 0 aliphatic carbocycles. The van der Waals surface area contributed by atoms with Crippen molar-refractivity contribution in [1.82, 2.24) is 4.98 Å². The van der Waals surface area contributed by atoms with Gasteiger partial charge < -0.3 is 9.84 Å². The molecule has 1 N–H and O–H groups in total. The molecule has 0 radical (unpaired) electrons. The summed E-state index contributed by atoms with van der Waals surface area (Å²) < 4.78 is 5.54. The van der Waals surface area contributed by atoms with Gasteiger partial charge in [-0.3, -0.25) is 0 Å². The number of rotatable bonds is 5. The summed E-state index contributed by atoms with van der Waals surface area (Å²) in [5.74, 6) is -0.282. The van der Waals surface area contributed by atoms with E-state index >= 15 is 0 Å². The van der Waals surface area contributed by atoms with Gasteiger partial charge in [-0.25, -0.2) is 9.78 Å². The number of nitrogens with zero attached hydrogens (tertiary/aromatic N) is 1. The highest BCUT2D eigenvalue weighted by Gasteiger charge is 2.13. The lowest BCUT2D eigenvalue weighted by atomic mass is 10.1. The van der Waals surface area contributed by atoms with E-state index in [4.69, 9.17) is 21.4 Å². The Bertz CT molecular complexity index is 407. The van der Waals surface area contributed by atoms with Crippen molar-refractivity contribution in [3.05, 3.63) is 22.8 Å². The molecule has 1 rings (SSSR count). The van der Waals surface area contributed by atoms with Crippen LogP contribution in [0, 0.1) is 5.92 Å². The lowest BCUT2D eigenvalue weighted by Gasteiger charge is -2.16. The third-order valence-corrected chi connectivity index (χ3v) is 2.49. The second kappa shape index (κ2) is 5.87. The standard InChI is InChI=1S/C12H16ClNO3/c1-7(2)4-8(3)17-11-5-9(12(15)16)10(13)6-14-11/h5-8H,4H2,1-3H3,(H,15,16). The molecule has 1 heterocycles. The van der Waals surface area contributed by atoms with Gasteiger partial charge in [0.1, 0.15) is 0 Å². The number of pyridine rings is 1. The normalized spacial score (nSPS) is 12.5. The zero-order valence-corrected chi connectivity index (χ0v) is 10.9. The first-order valence-corrected chi connectivity index (χ1v) is 5.83. The molecule has 0 amide bonds. The smallest absolute Gasteiger partial charge is 0.337 e. The fourth-order valence-electron chi connectivity index (χ4n) is 1.57. The van der Waals surface area contributed by atoms with Gasteiger partial charge in [0.2, 0.25) is 5.88 Å². The van der Waals surface area contributed by atoms with Gasteiger partial charge in [0.05, 0.1) is 22.9 Å². The van der Waals surface area contributed by atoms with Crippen LogP contribution in [0.3, 0.4) is 0 Å². The van der Waals surface area contributed by atoms with Gasteiger partial charge in [-0.05, 0) is 19.3 Å². The number of ether oxygens (including phenoxy) is 1. The third kappa shape index (κ3) is 4.23. The van der Waals surface area contributed by atoms with Crippen molar-refractivity contribution in [2.24, 2.45) is 5.92 Å². The number of halogens is 1. The summed E-state index contributed by atoms with van der Waals surface area (Å²) in [5.41, 5.74) is 0.00779. The molecular weight excluding hydrogens is 242 g/mol. The molecule has 1 aromatic heterocycles. The topological polar surface area (TPSA) is 59.4 Å². The monoisotopic (exact) mass is 257 g/mol. The zero-order valence-electron chi connectivity index (χ0n) is 10.1. The molecule has 1 unspecified atom stereocenters. The third-order valence-electron chi connectivity index (χ3n) is 2.19. The van der Waals surface area contributed by atoms with Crippen molar-refractivity contribution in [2.75, 3.05) is 0 Å². The number of hydrogen-bond acceptors (Lipinski definition) is 3. The van der Waals surface area contributed by atoms with Crippen molar-refractivity contribution in [3.63, 3.8) is 0 Å². The number of carboxylic acids is 1. The molecule has 0 saturated carbocycles. The van der Waals surface area contributed by atoms with Gasteiger partial charge in [0.15, 0.2) is 0 Å². The fraction of sp³-hybridized carbons (Fsp3) is 0.500. The van der Waals surface area contributed by atoms with Crippen molar-refractivity contribution < 1.29 is 14.6 Å². The maximum Gasteiger partial charge on any atom is 0.337 e. The molecule has 0 bridgehead atoms. The summed E-state index contributed by atoms with van der Waals surface area (Å²) >= 11 is 5.71. The zero-order chi connectivity index (χ0) is 13.0. The molecule has 4 nitrogen and oxygen atoms in total. The van der Waals surface area contributed by atoms with Crippen LogP contribution in [0.2, 0.25) is 5.02 Å². The van der Waals surface area contributed by atoms with Crippen molar-refractivity contribution in [1.29, 1.82) is 0 Å². The SMILES string of the molecule is CC(C)CC(C)Oc1cc(C(=O)O)c(Cl)cn1. The van der Waals surface area contributed by atoms with E-state index in [9.17, 15) is 4.79 Å². The van der Waals surface area contributed by atoms with Crippen molar-refractivity contribution in [2.45, 2.75) is 33.3 Å². The molecule has 0 aliphatic rings. The van der Waals surface area contributed by atoms with E-state index in [1.54, 1.807) is 0 Å². The summed E-state index contributed by atoms with van der Waals surface area (Å²) in [7, 11) is 0. The Morgan fingerprint density at radius 2 is 2.18 bits per heavy atom. The second-order valence-corrected chi connectivity index (χ2v) is 4.77. The Labute approximate surface area is 106 Å². The van der Waals surface area contributed by atoms with Gasteiger partial charge in [0.25, 0.3) is 0 Å². The minimum atomic E-state index is -1.08. The van der Waals surface area contributed by atoms with E-state index in [1.165, 1.54) is 12.3 Å². The molecular formula is C12H16ClNO3. The number of aromatic carboxylic acids is 1. The quantitative estimate of drug-likeness (QED) is 0.880. The molecule has 0 spiro atoms. The summed E-state index contributed by atoms with van der Waals surface area (Å²) in [4.78, 5) is 14.8. The van der Waals surface area contributed by atoms with Crippen molar-refractivity contribution >= 4 is 17.6 Å². The second-order valence-electron chi connectivity index (χ2n) is 4.37. The van der Waals surface area contributed by atoms with Crippen LogP contribution in [-0.4, -0.2) is 22.2 Å². The first-order valence-electron chi connectivity index (χ1n) is 5.45. The van der Waals surface area contributed by atoms with Gasteiger partial charge in [-0.2, -0.15) is 0 Å². The molecule has 17 heavy (non-hydrogen) atoms. The molecule has 94 valence electrons. The molecule has 1 atom stereocenters. The number of hydrogen-bond donors (Lipinski definition) is 1. The Morgan fingerprint density at radius 3 is 2.71 bits per heavy atom. The van der Waals surface area contributed by atoms with Crippen LogP contribution in [0.5, 0.6) is 5.88 Å². The van der Waals surface area contributed by atoms with Gasteiger partial charge >= 0.3 is 5.97 Å². The summed E-state index contributed by atoms with van der Waals surface area (Å²) in [5, 5.41) is 9.01. The highest BCUT2D eigenvalue weighted by molar-refractivity contribution is 6.33. The lowest BCUT2D eigenvalue weighted by Crippen LogP contribution is -2.15. The Morgan fingerprint density at radius 1 is 1.53 bits per heavy atom. The minimum Gasteiger partial charge on any atom is -0.478 e. The van der Waals surface area contributed by atoms with E-state index in [1.807, 2.05) is 6.92 Å². The van der Waals surface area contributed by atoms with Crippen LogP contribution in [0.1, 0.15) is 37.6 Å². The molecule has 0 saturated heterocycles. The van der Waals surface area contributed by atoms with E-state index in [-0.39, 0.29) is 16.7 Å². The van der Waals surface area contributed by atoms with Gasteiger partial charge in [-0.1, -0.05) is 25.4 Å². The van der Waals surface area contributed by atoms with E-state index in [0.29, 0.717) is 11.8 Å². The van der Waals surface area contributed by atoms with Crippen LogP contribution in [0.15, 0.2) is 12.3 Å². The number of carbonyl (C=O) groups is 1. The maximum atomic E-state index is 10.9. The van der Waals surface area contributed by atoms with E-state index < -0.39 is 5.97 Å². The lowest BCUT2D eigenvalue weighted by molar-refractivity contribution is 0.0695. The molecule has 1 aromatic rings. The van der Waals surface area contributed by atoms with Crippen molar-refractivity contribution in [3.8, 4) is 5.88 Å². The van der Waals surface area contributed by atoms with Crippen LogP contribution in [0.4, 0.5) is 0 Å². The highest BCUT2D eigenvalue weighted by Crippen LogP contribution is 2.21. The highest BCUT2D eigenvalue weighted by atomic mass is 35.5. The Hall–Kier alpha value is -1.29. The Balaban J connectivity index is 2.79. The maximum absolute atomic E-state index is 10.9. The average molecular weight is 258 g/mol. The molecule has 5 heteroatoms. The first-order chi connectivity index (χ1) is 7.90. The summed E-state index contributed by atoms with van der Waals surface area (Å²) in [6.45, 7) is 6.12. The van der Waals surface area contributed by atoms with Crippen LogP contribution in [0.25, 0.3) is 0 Å².